The van der Waals surface area contributed by atoms with Crippen LogP contribution in [0.25, 0.3) is 0 Å². The van der Waals surface area contributed by atoms with Gasteiger partial charge in [0.2, 0.25) is 11.8 Å². The van der Waals surface area contributed by atoms with Crippen LogP contribution in [0, 0.1) is 0 Å². The Morgan fingerprint density at radius 3 is 2.47 bits per heavy atom. The molecule has 202 valence electrons. The van der Waals surface area contributed by atoms with Gasteiger partial charge in [0.1, 0.15) is 12.3 Å². The summed E-state index contributed by atoms with van der Waals surface area (Å²) in [5.41, 5.74) is 1.40. The maximum Gasteiger partial charge on any atom is 0.267 e. The quantitative estimate of drug-likeness (QED) is 0.172. The molecule has 1 aliphatic rings. The number of halogens is 1. The molecule has 9 nitrogen and oxygen atoms in total. The highest BCUT2D eigenvalue weighted by Gasteiger charge is 2.30. The number of unbranched alkanes of at least 4 members (excludes halogenated alkanes) is 1. The van der Waals surface area contributed by atoms with Gasteiger partial charge in [-0.05, 0) is 71.2 Å². The van der Waals surface area contributed by atoms with Crippen molar-refractivity contribution in [3.63, 3.8) is 0 Å². The molecule has 0 aromatic rings. The van der Waals surface area contributed by atoms with E-state index < -0.39 is 18.1 Å². The van der Waals surface area contributed by atoms with E-state index >= 15 is 0 Å². The van der Waals surface area contributed by atoms with Crippen molar-refractivity contribution in [1.29, 1.82) is 0 Å². The molecule has 3 amide bonds. The van der Waals surface area contributed by atoms with Crippen LogP contribution in [-0.2, 0) is 19.2 Å². The average molecular weight is 524 g/mol. The van der Waals surface area contributed by atoms with Crippen molar-refractivity contribution in [3.05, 3.63) is 34.5 Å². The number of hydrogen-bond donors (Lipinski definition) is 3. The van der Waals surface area contributed by atoms with Gasteiger partial charge in [0.15, 0.2) is 0 Å². The molecule has 0 heterocycles. The number of hydrogen-bond acceptors (Lipinski definition) is 6. The lowest BCUT2D eigenvalue weighted by molar-refractivity contribution is -0.141. The van der Waals surface area contributed by atoms with Crippen LogP contribution < -0.4 is 16.0 Å². The van der Waals surface area contributed by atoms with Crippen molar-refractivity contribution in [2.75, 3.05) is 34.7 Å². The van der Waals surface area contributed by atoms with E-state index in [0.717, 1.165) is 23.4 Å². The van der Waals surface area contributed by atoms with Crippen LogP contribution in [0.4, 0.5) is 0 Å². The zero-order chi connectivity index (χ0) is 27.3. The van der Waals surface area contributed by atoms with E-state index in [1.165, 1.54) is 4.90 Å². The maximum absolute atomic E-state index is 13.2. The summed E-state index contributed by atoms with van der Waals surface area (Å²) in [5, 5.41) is 9.14. The van der Waals surface area contributed by atoms with Crippen molar-refractivity contribution in [3.8, 4) is 0 Å². The van der Waals surface area contributed by atoms with Crippen molar-refractivity contribution in [2.24, 2.45) is 0 Å². The molecule has 0 spiro atoms. The van der Waals surface area contributed by atoms with Gasteiger partial charge < -0.3 is 25.6 Å². The van der Waals surface area contributed by atoms with E-state index in [1.807, 2.05) is 32.0 Å². The molecule has 0 aromatic carbocycles. The van der Waals surface area contributed by atoms with Crippen LogP contribution >= 0.6 is 11.6 Å². The molecule has 3 atom stereocenters. The van der Waals surface area contributed by atoms with Crippen LogP contribution in [0.2, 0.25) is 0 Å². The molecule has 0 fully saturated rings. The van der Waals surface area contributed by atoms with Crippen LogP contribution in [-0.4, -0.2) is 86.7 Å². The Morgan fingerprint density at radius 2 is 1.92 bits per heavy atom. The number of amides is 3. The second kappa shape index (κ2) is 16.2. The minimum Gasteiger partial charge on any atom is -0.384 e. The highest BCUT2D eigenvalue weighted by Crippen LogP contribution is 2.24. The Labute approximate surface area is 220 Å². The number of aldehydes is 1. The summed E-state index contributed by atoms with van der Waals surface area (Å²) in [4.78, 5) is 52.4. The fraction of sp³-hybridized carbons (Fsp3) is 0.615. The molecule has 0 aliphatic heterocycles. The van der Waals surface area contributed by atoms with Gasteiger partial charge >= 0.3 is 0 Å². The van der Waals surface area contributed by atoms with Gasteiger partial charge in [-0.3, -0.25) is 19.3 Å². The monoisotopic (exact) mass is 523 g/mol. The number of carbonyl (C=O) groups is 4. The molecule has 0 aromatic heterocycles. The number of nitrogens with one attached hydrogen (secondary N) is 3. The molecule has 36 heavy (non-hydrogen) atoms. The summed E-state index contributed by atoms with van der Waals surface area (Å²) in [6.45, 7) is 3.93. The van der Waals surface area contributed by atoms with E-state index in [4.69, 9.17) is 11.6 Å². The largest absolute Gasteiger partial charge is 0.384 e. The third-order valence-corrected chi connectivity index (χ3v) is 6.54. The van der Waals surface area contributed by atoms with Crippen LogP contribution in [0.5, 0.6) is 0 Å². The van der Waals surface area contributed by atoms with E-state index in [1.54, 1.807) is 27.1 Å². The Hall–Kier alpha value is -2.65. The number of allylic oxidation sites excluding steroid dienone is 4. The summed E-state index contributed by atoms with van der Waals surface area (Å²) >= 11 is 6.17. The minimum atomic E-state index is -0.636. The maximum atomic E-state index is 13.2. The Bertz CT molecular complexity index is 868. The SMILES string of the molecule is CC[C@@H](C=O)NC(=O)/C(=C\CCCNC(=O)C(C)N(C)C(=O)[C@H](CC1=CCCC(Cl)=C1)N(C)C)NC. The van der Waals surface area contributed by atoms with Crippen molar-refractivity contribution >= 4 is 35.6 Å². The number of carbonyl (C=O) groups excluding carboxylic acids is 4. The lowest BCUT2D eigenvalue weighted by Crippen LogP contribution is -2.52. The number of rotatable bonds is 15. The normalized spacial score (nSPS) is 16.3. The first-order chi connectivity index (χ1) is 17.0. The molecule has 1 unspecified atom stereocenters. The molecule has 1 rings (SSSR count). The van der Waals surface area contributed by atoms with Gasteiger partial charge in [-0.15, -0.1) is 0 Å². The topological polar surface area (TPSA) is 111 Å². The van der Waals surface area contributed by atoms with Gasteiger partial charge in [-0.2, -0.15) is 0 Å². The smallest absolute Gasteiger partial charge is 0.267 e. The Balaban J connectivity index is 2.59. The standard InChI is InChI=1S/C26H42ClN5O4/c1-7-21(17-33)30-25(35)22(28-3)13-8-9-14-29-24(34)18(2)32(6)26(36)23(31(4)5)16-19-11-10-12-20(27)15-19/h11,13,15,17-18,21,23,28H,7-10,12,14,16H2,1-6H3,(H,29,34)(H,30,35)/b22-13+/t18?,21-,23-/m0/s1. The first kappa shape index (κ1) is 31.4. The van der Waals surface area contributed by atoms with Gasteiger partial charge in [0, 0.05) is 25.7 Å². The predicted octanol–water partition coefficient (Wildman–Crippen LogP) is 2.09. The summed E-state index contributed by atoms with van der Waals surface area (Å²) in [6, 6.07) is -1.56. The molecule has 1 aliphatic carbocycles. The second-order valence-electron chi connectivity index (χ2n) is 9.14. The van der Waals surface area contributed by atoms with Gasteiger partial charge in [0.05, 0.1) is 17.8 Å². The van der Waals surface area contributed by atoms with E-state index in [0.29, 0.717) is 44.2 Å². The zero-order valence-electron chi connectivity index (χ0n) is 22.4. The lowest BCUT2D eigenvalue weighted by Gasteiger charge is -2.32. The van der Waals surface area contributed by atoms with Crippen molar-refractivity contribution < 1.29 is 19.2 Å². The lowest BCUT2D eigenvalue weighted by atomic mass is 9.98. The summed E-state index contributed by atoms with van der Waals surface area (Å²) in [6.07, 6.45) is 10.4. The van der Waals surface area contributed by atoms with E-state index in [9.17, 15) is 19.2 Å². The van der Waals surface area contributed by atoms with Gasteiger partial charge in [-0.1, -0.05) is 30.7 Å². The molecule has 0 bridgehead atoms. The second-order valence-corrected chi connectivity index (χ2v) is 9.63. The first-order valence-electron chi connectivity index (χ1n) is 12.5. The summed E-state index contributed by atoms with van der Waals surface area (Å²) in [7, 11) is 6.99. The third kappa shape index (κ3) is 10.1. The van der Waals surface area contributed by atoms with Crippen LogP contribution in [0.3, 0.4) is 0 Å². The minimum absolute atomic E-state index is 0.132. The fourth-order valence-electron chi connectivity index (χ4n) is 3.68. The fourth-order valence-corrected chi connectivity index (χ4v) is 3.93. The molecule has 0 radical (unpaired) electrons. The Morgan fingerprint density at radius 1 is 1.22 bits per heavy atom. The summed E-state index contributed by atoms with van der Waals surface area (Å²) < 4.78 is 0. The van der Waals surface area contributed by atoms with Crippen LogP contribution in [0.15, 0.2) is 34.5 Å². The molecular weight excluding hydrogens is 482 g/mol. The first-order valence-corrected chi connectivity index (χ1v) is 12.8. The predicted molar refractivity (Wildman–Crippen MR) is 143 cm³/mol. The summed E-state index contributed by atoms with van der Waals surface area (Å²) in [5.74, 6) is -0.714. The van der Waals surface area contributed by atoms with Gasteiger partial charge in [0.25, 0.3) is 5.91 Å². The zero-order valence-corrected chi connectivity index (χ0v) is 23.2. The van der Waals surface area contributed by atoms with Crippen molar-refractivity contribution in [2.45, 2.75) is 70.5 Å². The van der Waals surface area contributed by atoms with Crippen LogP contribution in [0.1, 0.15) is 52.4 Å². The highest BCUT2D eigenvalue weighted by atomic mass is 35.5. The molecule has 3 N–H and O–H groups in total. The highest BCUT2D eigenvalue weighted by molar-refractivity contribution is 6.29. The third-order valence-electron chi connectivity index (χ3n) is 6.24. The van der Waals surface area contributed by atoms with Gasteiger partial charge in [-0.25, -0.2) is 0 Å². The Kier molecular flexibility index (Phi) is 14.1. The van der Waals surface area contributed by atoms with E-state index in [2.05, 4.69) is 22.0 Å². The number of nitrogens with zero attached hydrogens (tertiary/aromatic N) is 2. The van der Waals surface area contributed by atoms with Crippen molar-refractivity contribution in [1.82, 2.24) is 25.8 Å². The number of likely N-dealkylation sites (N-methyl/N-ethyl adjacent to an activating group) is 3. The molecular formula is C26H42ClN5O4. The molecule has 0 saturated carbocycles. The molecule has 10 heteroatoms. The average Bonchev–Trinajstić information content (AvgIpc) is 2.86. The van der Waals surface area contributed by atoms with E-state index in [-0.39, 0.29) is 17.7 Å². The molecule has 0 saturated heterocycles.